The molecular weight excluding hydrogens is 1190 g/mol. The van der Waals surface area contributed by atoms with E-state index >= 15 is 0 Å². The molecular formula is C49H63N9O10P8S2. The number of rotatable bonds is 31. The summed E-state index contributed by atoms with van der Waals surface area (Å²) in [6.07, 6.45) is 4.00. The standard InChI is InChI=1S/C49H63N9O10P8S2/c1-56(51-35-41-19-23-44(24-20-41)66-70-72(69)54-53-50)37-65-43-29-31-49(32-30-43)76(47-13-9-7-10-14-47,48-15-11-8-12-16-48)55-71(77)67-45-27-21-42(22-28-45)36-52-57(2)73(78)68-46-25-17-40(18-26-46)33-34-58(38-74(59,61-3)62-4)39-75(60,63-5)64-6/h7-32,35-36,59,70-71,73-74H,33-34,37-39,69H2,1-6H3. The fourth-order valence-electron chi connectivity index (χ4n) is 7.19. The molecule has 29 heteroatoms. The van der Waals surface area contributed by atoms with Crippen molar-refractivity contribution in [3.05, 3.63) is 185 Å². The van der Waals surface area contributed by atoms with Gasteiger partial charge in [0.15, 0.2) is 6.73 Å². The average Bonchev–Trinajstić information content (AvgIpc) is 3.50. The SMILES string of the molecule is COP(=O)(CN(CCc1ccc(O[PH](=S)N(C)N=Cc2ccc(O[PH](=S)N=P(c3ccccc3)(c3ccccc3)c3ccc(OCN(C)N=Cc4ccc(OPP(P)N=[N+]=[N-])cc4)cc3)cc2)cc1)C[PH](O)(OC)OC)OC. The van der Waals surface area contributed by atoms with E-state index in [1.54, 1.807) is 34.2 Å². The van der Waals surface area contributed by atoms with E-state index in [0.717, 1.165) is 32.6 Å². The van der Waals surface area contributed by atoms with E-state index in [1.165, 1.54) is 28.4 Å². The van der Waals surface area contributed by atoms with Gasteiger partial charge >= 0.3 is 178 Å². The first kappa shape index (κ1) is 63.2. The summed E-state index contributed by atoms with van der Waals surface area (Å²) in [5.41, 5.74) is 11.3. The molecule has 6 aromatic carbocycles. The molecule has 78 heavy (non-hydrogen) atoms. The summed E-state index contributed by atoms with van der Waals surface area (Å²) in [6.45, 7) is 0.621. The molecule has 416 valence electrons. The molecule has 5 unspecified atom stereocenters. The van der Waals surface area contributed by atoms with E-state index in [-0.39, 0.29) is 27.8 Å². The first-order valence-corrected chi connectivity index (χ1v) is 38.7. The van der Waals surface area contributed by atoms with Crippen LogP contribution in [0.4, 0.5) is 0 Å². The van der Waals surface area contributed by atoms with Crippen molar-refractivity contribution in [3.63, 3.8) is 0 Å². The summed E-state index contributed by atoms with van der Waals surface area (Å²) in [6, 6.07) is 51.0. The van der Waals surface area contributed by atoms with E-state index in [1.807, 2.05) is 128 Å². The Bertz CT molecular complexity index is 3050. The summed E-state index contributed by atoms with van der Waals surface area (Å²) < 4.78 is 65.4. The summed E-state index contributed by atoms with van der Waals surface area (Å²) in [7, 11) is -3.25. The van der Waals surface area contributed by atoms with Gasteiger partial charge in [-0.1, -0.05) is 74.5 Å². The molecule has 0 fully saturated rings. The van der Waals surface area contributed by atoms with Gasteiger partial charge in [-0.25, -0.2) is 4.52 Å². The number of nitrogens with zero attached hydrogens (tertiary/aromatic N) is 9. The van der Waals surface area contributed by atoms with Crippen LogP contribution in [0.5, 0.6) is 23.0 Å². The zero-order chi connectivity index (χ0) is 56.0. The Balaban J connectivity index is 1.08. The van der Waals surface area contributed by atoms with Crippen LogP contribution in [-0.4, -0.2) is 100 Å². The van der Waals surface area contributed by atoms with Crippen LogP contribution in [0.3, 0.4) is 0 Å². The van der Waals surface area contributed by atoms with E-state index in [2.05, 4.69) is 65.3 Å². The number of hydrazone groups is 2. The van der Waals surface area contributed by atoms with Crippen molar-refractivity contribution < 1.29 is 45.9 Å². The summed E-state index contributed by atoms with van der Waals surface area (Å²) in [5, 5.41) is 13.9. The first-order valence-electron chi connectivity index (χ1n) is 23.6. The number of ether oxygens (including phenoxy) is 1. The maximum atomic E-state index is 13.0. The monoisotopic (exact) mass is 1250 g/mol. The molecule has 0 saturated heterocycles. The molecule has 0 bridgehead atoms. The molecule has 0 amide bonds. The van der Waals surface area contributed by atoms with Crippen LogP contribution in [0, 0.1) is 0 Å². The van der Waals surface area contributed by atoms with Gasteiger partial charge in [0.1, 0.15) is 25.7 Å². The van der Waals surface area contributed by atoms with Gasteiger partial charge in [0.2, 0.25) is 7.07 Å². The van der Waals surface area contributed by atoms with Crippen molar-refractivity contribution in [2.45, 2.75) is 6.42 Å². The molecule has 0 aliphatic rings. The third-order valence-electron chi connectivity index (χ3n) is 11.4. The maximum absolute atomic E-state index is 13.0. The molecule has 19 nitrogen and oxygen atoms in total. The number of hydrogen-bond donors (Lipinski definition) is 1. The Kier molecular flexibility index (Phi) is 25.8. The molecule has 0 aliphatic heterocycles. The normalized spacial score (nSPS) is 13.5. The molecule has 5 atom stereocenters. The first-order chi connectivity index (χ1) is 37.6. The molecule has 6 rings (SSSR count). The van der Waals surface area contributed by atoms with E-state index in [9.17, 15) is 9.46 Å². The Morgan fingerprint density at radius 2 is 1.24 bits per heavy atom. The summed E-state index contributed by atoms with van der Waals surface area (Å²) in [5.74, 6) is 2.54. The van der Waals surface area contributed by atoms with Gasteiger partial charge in [-0.15, -0.1) is 0 Å². The number of benzene rings is 6. The third-order valence-corrected chi connectivity index (χ3v) is 27.0. The molecule has 0 aromatic heterocycles. The van der Waals surface area contributed by atoms with Crippen molar-refractivity contribution >= 4 is 114 Å². The van der Waals surface area contributed by atoms with Crippen LogP contribution in [0.15, 0.2) is 177 Å². The molecule has 0 saturated carbocycles. The van der Waals surface area contributed by atoms with Gasteiger partial charge < -0.3 is 13.8 Å². The second-order valence-corrected chi connectivity index (χ2v) is 35.4. The zero-order valence-corrected chi connectivity index (χ0v) is 53.1. The molecule has 0 radical (unpaired) electrons. The predicted molar refractivity (Wildman–Crippen MR) is 337 cm³/mol. The van der Waals surface area contributed by atoms with E-state index in [0.29, 0.717) is 36.0 Å². The Morgan fingerprint density at radius 1 is 0.731 bits per heavy atom. The fourth-order valence-corrected chi connectivity index (χ4v) is 19.6. The van der Waals surface area contributed by atoms with Crippen molar-refractivity contribution in [3.8, 4) is 23.0 Å². The van der Waals surface area contributed by atoms with Crippen molar-refractivity contribution in [1.29, 1.82) is 0 Å². The van der Waals surface area contributed by atoms with Gasteiger partial charge in [0.25, 0.3) is 0 Å². The minimum absolute atomic E-state index is 0.0387. The topological polar surface area (TPSA) is 207 Å². The van der Waals surface area contributed by atoms with Crippen LogP contribution in [0.1, 0.15) is 16.7 Å². The van der Waals surface area contributed by atoms with Gasteiger partial charge in [-0.05, 0) is 101 Å². The molecule has 6 aromatic rings. The van der Waals surface area contributed by atoms with Crippen molar-refractivity contribution in [2.75, 3.05) is 68.4 Å². The summed E-state index contributed by atoms with van der Waals surface area (Å²) in [4.78, 5) is 19.0. The zero-order valence-electron chi connectivity index (χ0n) is 43.6. The van der Waals surface area contributed by atoms with Crippen molar-refractivity contribution in [2.24, 2.45) is 19.6 Å². The quantitative estimate of drug-likeness (QED) is 0.00817. The van der Waals surface area contributed by atoms with Crippen LogP contribution in [0.2, 0.25) is 0 Å². The van der Waals surface area contributed by atoms with Crippen molar-refractivity contribution in [1.82, 2.24) is 14.7 Å². The fraction of sp³-hybridized carbons (Fsp3) is 0.224. The minimum atomic E-state index is -3.53. The molecule has 0 heterocycles. The number of hydrogen-bond acceptors (Lipinski definition) is 17. The van der Waals surface area contributed by atoms with Crippen LogP contribution >= 0.6 is 61.6 Å². The second kappa shape index (κ2) is 31.9. The van der Waals surface area contributed by atoms with Gasteiger partial charge in [0, 0.05) is 27.9 Å². The third kappa shape index (κ3) is 19.3. The van der Waals surface area contributed by atoms with Gasteiger partial charge in [-0.3, -0.25) is 5.01 Å². The number of azide groups is 1. The van der Waals surface area contributed by atoms with Gasteiger partial charge in [0.05, 0.1) is 26.9 Å². The molecule has 1 N–H and O–H groups in total. The predicted octanol–water partition coefficient (Wildman–Crippen LogP) is 12.3. The molecule has 0 aliphatic carbocycles. The van der Waals surface area contributed by atoms with Crippen LogP contribution in [0.25, 0.3) is 10.4 Å². The van der Waals surface area contributed by atoms with E-state index < -0.39 is 44.2 Å². The van der Waals surface area contributed by atoms with E-state index in [4.69, 9.17) is 70.1 Å². The second-order valence-electron chi connectivity index (χ2n) is 16.6. The Morgan fingerprint density at radius 3 is 1.79 bits per heavy atom. The average molecular weight is 1250 g/mol. The Labute approximate surface area is 473 Å². The van der Waals surface area contributed by atoms with Gasteiger partial charge in [-0.2, -0.15) is 5.10 Å². The summed E-state index contributed by atoms with van der Waals surface area (Å²) >= 11 is 11.9. The van der Waals surface area contributed by atoms with Crippen LogP contribution < -0.4 is 34.2 Å². The molecule has 0 spiro atoms. The Hall–Kier alpha value is -3.99. The van der Waals surface area contributed by atoms with Crippen LogP contribution in [-0.2, 0) is 52.7 Å².